The number of alkyl halides is 2. The number of nitrogens with zero attached hydrogens (tertiary/aromatic N) is 1. The van der Waals surface area contributed by atoms with Gasteiger partial charge < -0.3 is 5.32 Å². The molecule has 0 saturated carbocycles. The fraction of sp³-hybridized carbons (Fsp3) is 0.350. The number of benzene rings is 2. The molecule has 0 aliphatic carbocycles. The van der Waals surface area contributed by atoms with Crippen molar-refractivity contribution in [3.63, 3.8) is 0 Å². The Balaban J connectivity index is 1.66. The maximum Gasteiger partial charge on any atom is 0.288 e. The fourth-order valence-corrected chi connectivity index (χ4v) is 5.15. The van der Waals surface area contributed by atoms with Crippen LogP contribution in [0.5, 0.6) is 0 Å². The molecule has 0 bridgehead atoms. The lowest BCUT2D eigenvalue weighted by atomic mass is 10.2. The minimum absolute atomic E-state index is 0.171. The molecule has 1 amide bonds. The van der Waals surface area contributed by atoms with E-state index in [1.54, 1.807) is 12.1 Å². The van der Waals surface area contributed by atoms with E-state index >= 15 is 0 Å². The quantitative estimate of drug-likeness (QED) is 0.654. The van der Waals surface area contributed by atoms with E-state index in [9.17, 15) is 22.0 Å². The molecule has 0 spiro atoms. The van der Waals surface area contributed by atoms with Gasteiger partial charge >= 0.3 is 0 Å². The Morgan fingerprint density at radius 3 is 2.07 bits per heavy atom. The van der Waals surface area contributed by atoms with E-state index in [2.05, 4.69) is 5.32 Å². The van der Waals surface area contributed by atoms with Crippen molar-refractivity contribution in [1.82, 2.24) is 4.31 Å². The summed E-state index contributed by atoms with van der Waals surface area (Å²) in [5, 5.41) is 2.67. The van der Waals surface area contributed by atoms with E-state index in [0.717, 1.165) is 25.7 Å². The van der Waals surface area contributed by atoms with Gasteiger partial charge in [0.2, 0.25) is 10.0 Å². The number of carbonyl (C=O) groups is 1. The highest BCUT2D eigenvalue weighted by atomic mass is 32.2. The van der Waals surface area contributed by atoms with Gasteiger partial charge in [-0.15, -0.1) is 0 Å². The van der Waals surface area contributed by atoms with Crippen molar-refractivity contribution in [3.05, 3.63) is 54.1 Å². The molecule has 29 heavy (non-hydrogen) atoms. The van der Waals surface area contributed by atoms with Crippen LogP contribution in [0.25, 0.3) is 0 Å². The van der Waals surface area contributed by atoms with Crippen LogP contribution < -0.4 is 5.32 Å². The van der Waals surface area contributed by atoms with Crippen LogP contribution in [0.3, 0.4) is 0 Å². The summed E-state index contributed by atoms with van der Waals surface area (Å²) in [6.45, 7) is 1.04. The van der Waals surface area contributed by atoms with Crippen LogP contribution in [-0.2, 0) is 10.0 Å². The Hall–Kier alpha value is -1.97. The molecule has 1 aliphatic heterocycles. The summed E-state index contributed by atoms with van der Waals surface area (Å²) >= 11 is 0.432. The number of hydrogen-bond acceptors (Lipinski definition) is 4. The maximum atomic E-state index is 12.8. The van der Waals surface area contributed by atoms with Crippen molar-refractivity contribution >= 4 is 33.4 Å². The first kappa shape index (κ1) is 21.7. The second-order valence-electron chi connectivity index (χ2n) is 6.70. The lowest BCUT2D eigenvalue weighted by molar-refractivity contribution is 0.102. The third kappa shape index (κ3) is 5.77. The Morgan fingerprint density at radius 2 is 1.52 bits per heavy atom. The molecule has 1 N–H and O–H groups in total. The van der Waals surface area contributed by atoms with Crippen molar-refractivity contribution in [3.8, 4) is 0 Å². The zero-order valence-electron chi connectivity index (χ0n) is 15.7. The van der Waals surface area contributed by atoms with E-state index < -0.39 is 21.7 Å². The molecule has 5 nitrogen and oxygen atoms in total. The smallest absolute Gasteiger partial charge is 0.288 e. The van der Waals surface area contributed by atoms with Crippen LogP contribution >= 0.6 is 11.8 Å². The van der Waals surface area contributed by atoms with E-state index in [1.807, 2.05) is 0 Å². The topological polar surface area (TPSA) is 66.5 Å². The van der Waals surface area contributed by atoms with Gasteiger partial charge in [0.1, 0.15) is 0 Å². The monoisotopic (exact) mass is 440 g/mol. The summed E-state index contributed by atoms with van der Waals surface area (Å²) in [6, 6.07) is 11.9. The molecule has 1 fully saturated rings. The van der Waals surface area contributed by atoms with E-state index in [4.69, 9.17) is 0 Å². The van der Waals surface area contributed by atoms with Crippen molar-refractivity contribution in [2.75, 3.05) is 18.4 Å². The number of halogens is 2. The Morgan fingerprint density at radius 1 is 0.931 bits per heavy atom. The summed E-state index contributed by atoms with van der Waals surface area (Å²) < 4.78 is 51.8. The van der Waals surface area contributed by atoms with Gasteiger partial charge in [-0.3, -0.25) is 4.79 Å². The average Bonchev–Trinajstić information content (AvgIpc) is 2.99. The molecule has 0 unspecified atom stereocenters. The molecule has 0 atom stereocenters. The number of thioether (sulfide) groups is 1. The van der Waals surface area contributed by atoms with Crippen LogP contribution in [0, 0.1) is 0 Å². The SMILES string of the molecule is O=C(Nc1ccc(SC(F)F)cc1)c1ccc(S(=O)(=O)N2CCCCCC2)cc1. The highest BCUT2D eigenvalue weighted by molar-refractivity contribution is 7.99. The summed E-state index contributed by atoms with van der Waals surface area (Å²) in [6.07, 6.45) is 3.78. The Labute approximate surface area is 173 Å². The molecule has 2 aromatic carbocycles. The van der Waals surface area contributed by atoms with Crippen LogP contribution in [-0.4, -0.2) is 37.5 Å². The van der Waals surface area contributed by atoms with Gasteiger partial charge in [-0.2, -0.15) is 13.1 Å². The van der Waals surface area contributed by atoms with Gasteiger partial charge in [0, 0.05) is 29.2 Å². The molecule has 1 heterocycles. The third-order valence-corrected chi connectivity index (χ3v) is 7.29. The predicted octanol–water partition coefficient (Wildman–Crippen LogP) is 4.82. The molecular formula is C20H22F2N2O3S2. The van der Waals surface area contributed by atoms with Gasteiger partial charge in [-0.25, -0.2) is 8.42 Å². The van der Waals surface area contributed by atoms with Crippen molar-refractivity contribution in [1.29, 1.82) is 0 Å². The van der Waals surface area contributed by atoms with Gasteiger partial charge in [-0.1, -0.05) is 24.6 Å². The molecule has 2 aromatic rings. The van der Waals surface area contributed by atoms with Crippen LogP contribution in [0.1, 0.15) is 36.0 Å². The predicted molar refractivity (Wildman–Crippen MR) is 110 cm³/mol. The van der Waals surface area contributed by atoms with Gasteiger partial charge in [0.25, 0.3) is 11.7 Å². The molecular weight excluding hydrogens is 418 g/mol. The number of rotatable bonds is 6. The third-order valence-electron chi connectivity index (χ3n) is 4.66. The van der Waals surface area contributed by atoms with Crippen LogP contribution in [0.2, 0.25) is 0 Å². The van der Waals surface area contributed by atoms with Crippen LogP contribution in [0.15, 0.2) is 58.3 Å². The molecule has 0 aromatic heterocycles. The lowest BCUT2D eigenvalue weighted by Crippen LogP contribution is -2.31. The van der Waals surface area contributed by atoms with Crippen molar-refractivity contribution < 1.29 is 22.0 Å². The van der Waals surface area contributed by atoms with E-state index in [-0.39, 0.29) is 4.90 Å². The summed E-state index contributed by atoms with van der Waals surface area (Å²) in [4.78, 5) is 13.0. The molecule has 0 radical (unpaired) electrons. The first-order valence-corrected chi connectivity index (χ1v) is 11.6. The maximum absolute atomic E-state index is 12.8. The zero-order valence-corrected chi connectivity index (χ0v) is 17.3. The standard InChI is InChI=1S/C20H22F2N2O3S2/c21-20(22)28-17-9-7-16(8-10-17)23-19(25)15-5-11-18(12-6-15)29(26,27)24-13-3-1-2-4-14-24/h5-12,20H,1-4,13-14H2,(H,23,25). The average molecular weight is 441 g/mol. The normalized spacial score (nSPS) is 15.8. The zero-order chi connectivity index (χ0) is 20.9. The van der Waals surface area contributed by atoms with Gasteiger partial charge in [0.05, 0.1) is 4.90 Å². The fourth-order valence-electron chi connectivity index (χ4n) is 3.13. The first-order chi connectivity index (χ1) is 13.9. The summed E-state index contributed by atoms with van der Waals surface area (Å²) in [7, 11) is -3.56. The lowest BCUT2D eigenvalue weighted by Gasteiger charge is -2.20. The summed E-state index contributed by atoms with van der Waals surface area (Å²) in [5.74, 6) is -2.91. The largest absolute Gasteiger partial charge is 0.322 e. The minimum Gasteiger partial charge on any atom is -0.322 e. The van der Waals surface area contributed by atoms with Crippen molar-refractivity contribution in [2.45, 2.75) is 41.2 Å². The van der Waals surface area contributed by atoms with Crippen LogP contribution in [0.4, 0.5) is 14.5 Å². The number of sulfonamides is 1. The number of nitrogens with one attached hydrogen (secondary N) is 1. The molecule has 3 rings (SSSR count). The number of hydrogen-bond donors (Lipinski definition) is 1. The van der Waals surface area contributed by atoms with E-state index in [0.29, 0.717) is 41.0 Å². The minimum atomic E-state index is -3.56. The number of carbonyl (C=O) groups excluding carboxylic acids is 1. The highest BCUT2D eigenvalue weighted by Gasteiger charge is 2.25. The molecule has 1 saturated heterocycles. The molecule has 156 valence electrons. The Kier molecular flexibility index (Phi) is 7.26. The molecule has 1 aliphatic rings. The highest BCUT2D eigenvalue weighted by Crippen LogP contribution is 2.26. The second kappa shape index (κ2) is 9.69. The van der Waals surface area contributed by atoms with Gasteiger partial charge in [0.15, 0.2) is 0 Å². The van der Waals surface area contributed by atoms with Gasteiger partial charge in [-0.05, 0) is 61.4 Å². The number of amides is 1. The molecule has 9 heteroatoms. The first-order valence-electron chi connectivity index (χ1n) is 9.33. The number of anilines is 1. The second-order valence-corrected chi connectivity index (χ2v) is 9.70. The summed E-state index contributed by atoms with van der Waals surface area (Å²) in [5.41, 5.74) is 0.778. The van der Waals surface area contributed by atoms with Crippen molar-refractivity contribution in [2.24, 2.45) is 0 Å². The Bertz CT molecular complexity index is 925. The van der Waals surface area contributed by atoms with E-state index in [1.165, 1.54) is 40.7 Å².